The molecule has 1 rings (SSSR count). The lowest BCUT2D eigenvalue weighted by atomic mass is 9.89. The van der Waals surface area contributed by atoms with E-state index < -0.39 is 11.6 Å². The lowest BCUT2D eigenvalue weighted by Gasteiger charge is -2.16. The molecular formula is C13H21FO. The van der Waals surface area contributed by atoms with E-state index in [0.29, 0.717) is 12.3 Å². The van der Waals surface area contributed by atoms with Gasteiger partial charge in [-0.25, -0.2) is 4.39 Å². The van der Waals surface area contributed by atoms with Crippen LogP contribution < -0.4 is 0 Å². The van der Waals surface area contributed by atoms with Gasteiger partial charge in [0, 0.05) is 6.42 Å². The standard InChI is InChI=1S/C13H21FO/c1-4-11-7-9(2)8-12(11)5-6-13(15)10(3)14/h9,11-12H,3-8H2,1-2H3. The molecule has 0 heterocycles. The summed E-state index contributed by atoms with van der Waals surface area (Å²) in [6, 6.07) is 0. The van der Waals surface area contributed by atoms with E-state index in [1.807, 2.05) is 0 Å². The molecule has 1 fully saturated rings. The number of hydrogen-bond donors (Lipinski definition) is 0. The van der Waals surface area contributed by atoms with Crippen LogP contribution in [0, 0.1) is 17.8 Å². The monoisotopic (exact) mass is 212 g/mol. The number of halogens is 1. The molecule has 0 aromatic rings. The molecule has 1 saturated carbocycles. The van der Waals surface area contributed by atoms with Gasteiger partial charge in [-0.3, -0.25) is 4.79 Å². The van der Waals surface area contributed by atoms with Crippen molar-refractivity contribution >= 4 is 5.78 Å². The van der Waals surface area contributed by atoms with Crippen LogP contribution in [0.1, 0.15) is 46.0 Å². The highest BCUT2D eigenvalue weighted by molar-refractivity contribution is 5.92. The van der Waals surface area contributed by atoms with Crippen molar-refractivity contribution in [2.24, 2.45) is 17.8 Å². The molecule has 0 aromatic carbocycles. The molecule has 0 N–H and O–H groups in total. The largest absolute Gasteiger partial charge is 0.292 e. The van der Waals surface area contributed by atoms with Crippen LogP contribution >= 0.6 is 0 Å². The molecule has 2 heteroatoms. The Kier molecular flexibility index (Phi) is 4.49. The summed E-state index contributed by atoms with van der Waals surface area (Å²) >= 11 is 0. The molecule has 3 atom stereocenters. The molecular weight excluding hydrogens is 191 g/mol. The van der Waals surface area contributed by atoms with Gasteiger partial charge in [0.1, 0.15) is 0 Å². The topological polar surface area (TPSA) is 17.1 Å². The number of allylic oxidation sites excluding steroid dienone is 1. The van der Waals surface area contributed by atoms with E-state index in [1.165, 1.54) is 19.3 Å². The van der Waals surface area contributed by atoms with Gasteiger partial charge in [-0.05, 0) is 37.0 Å². The summed E-state index contributed by atoms with van der Waals surface area (Å²) in [6.45, 7) is 7.50. The van der Waals surface area contributed by atoms with Crippen molar-refractivity contribution in [3.63, 3.8) is 0 Å². The summed E-state index contributed by atoms with van der Waals surface area (Å²) < 4.78 is 12.5. The van der Waals surface area contributed by atoms with Gasteiger partial charge in [-0.2, -0.15) is 0 Å². The van der Waals surface area contributed by atoms with E-state index in [1.54, 1.807) is 0 Å². The molecule has 1 aliphatic carbocycles. The van der Waals surface area contributed by atoms with Crippen LogP contribution in [0.5, 0.6) is 0 Å². The second-order valence-electron chi connectivity index (χ2n) is 4.87. The van der Waals surface area contributed by atoms with Crippen LogP contribution in [-0.4, -0.2) is 5.78 Å². The van der Waals surface area contributed by atoms with Crippen molar-refractivity contribution in [2.45, 2.75) is 46.0 Å². The Morgan fingerprint density at radius 3 is 2.53 bits per heavy atom. The van der Waals surface area contributed by atoms with Gasteiger partial charge in [0.15, 0.2) is 11.6 Å². The number of carbonyl (C=O) groups excluding carboxylic acids is 1. The smallest absolute Gasteiger partial charge is 0.190 e. The van der Waals surface area contributed by atoms with Gasteiger partial charge in [-0.15, -0.1) is 0 Å². The number of hydrogen-bond acceptors (Lipinski definition) is 1. The summed E-state index contributed by atoms with van der Waals surface area (Å²) in [4.78, 5) is 11.1. The summed E-state index contributed by atoms with van der Waals surface area (Å²) in [7, 11) is 0. The maximum Gasteiger partial charge on any atom is 0.190 e. The first-order valence-corrected chi connectivity index (χ1v) is 5.92. The molecule has 0 aromatic heterocycles. The third kappa shape index (κ3) is 3.44. The van der Waals surface area contributed by atoms with Crippen LogP contribution in [0.3, 0.4) is 0 Å². The van der Waals surface area contributed by atoms with Crippen LogP contribution in [0.15, 0.2) is 12.4 Å². The molecule has 86 valence electrons. The minimum Gasteiger partial charge on any atom is -0.292 e. The van der Waals surface area contributed by atoms with Crippen molar-refractivity contribution in [1.29, 1.82) is 0 Å². The van der Waals surface area contributed by atoms with Gasteiger partial charge >= 0.3 is 0 Å². The van der Waals surface area contributed by atoms with Crippen molar-refractivity contribution in [3.05, 3.63) is 12.4 Å². The van der Waals surface area contributed by atoms with Crippen LogP contribution in [0.25, 0.3) is 0 Å². The van der Waals surface area contributed by atoms with Gasteiger partial charge in [0.2, 0.25) is 0 Å². The zero-order chi connectivity index (χ0) is 11.4. The normalized spacial score (nSPS) is 30.5. The van der Waals surface area contributed by atoms with Crippen molar-refractivity contribution in [1.82, 2.24) is 0 Å². The highest BCUT2D eigenvalue weighted by Gasteiger charge is 2.30. The molecule has 0 amide bonds. The summed E-state index contributed by atoms with van der Waals surface area (Å²) in [5, 5.41) is 0. The van der Waals surface area contributed by atoms with E-state index in [0.717, 1.165) is 18.3 Å². The van der Waals surface area contributed by atoms with Gasteiger partial charge in [0.25, 0.3) is 0 Å². The minimum atomic E-state index is -0.783. The fourth-order valence-corrected chi connectivity index (χ4v) is 2.82. The molecule has 3 unspecified atom stereocenters. The predicted octanol–water partition coefficient (Wildman–Crippen LogP) is 3.89. The molecule has 1 nitrogen and oxygen atoms in total. The first-order valence-electron chi connectivity index (χ1n) is 5.92. The fraction of sp³-hybridized carbons (Fsp3) is 0.769. The van der Waals surface area contributed by atoms with Crippen LogP contribution in [0.2, 0.25) is 0 Å². The first-order chi connectivity index (χ1) is 7.04. The number of Topliss-reactive ketones (excluding diaryl/α,β-unsaturated/α-hetero) is 1. The molecule has 1 aliphatic rings. The molecule has 0 bridgehead atoms. The second kappa shape index (κ2) is 5.43. The Morgan fingerprint density at radius 2 is 2.00 bits per heavy atom. The van der Waals surface area contributed by atoms with E-state index in [4.69, 9.17) is 0 Å². The SMILES string of the molecule is C=C(F)C(=O)CCC1CC(C)CC1CC. The lowest BCUT2D eigenvalue weighted by Crippen LogP contribution is -2.09. The van der Waals surface area contributed by atoms with Gasteiger partial charge in [0.05, 0.1) is 0 Å². The summed E-state index contributed by atoms with van der Waals surface area (Å²) in [5.74, 6) is 0.927. The van der Waals surface area contributed by atoms with Crippen molar-refractivity contribution in [3.8, 4) is 0 Å². The molecule has 0 spiro atoms. The average molecular weight is 212 g/mol. The molecule has 0 saturated heterocycles. The maximum atomic E-state index is 12.5. The Hall–Kier alpha value is -0.660. The van der Waals surface area contributed by atoms with Gasteiger partial charge < -0.3 is 0 Å². The lowest BCUT2D eigenvalue weighted by molar-refractivity contribution is -0.117. The minimum absolute atomic E-state index is 0.337. The van der Waals surface area contributed by atoms with Crippen molar-refractivity contribution in [2.75, 3.05) is 0 Å². The van der Waals surface area contributed by atoms with Crippen LogP contribution in [0.4, 0.5) is 4.39 Å². The maximum absolute atomic E-state index is 12.5. The zero-order valence-corrected chi connectivity index (χ0v) is 9.76. The van der Waals surface area contributed by atoms with Crippen molar-refractivity contribution < 1.29 is 9.18 Å². The number of ketones is 1. The highest BCUT2D eigenvalue weighted by Crippen LogP contribution is 2.40. The molecule has 15 heavy (non-hydrogen) atoms. The third-order valence-electron chi connectivity index (χ3n) is 3.65. The third-order valence-corrected chi connectivity index (χ3v) is 3.65. The van der Waals surface area contributed by atoms with E-state index >= 15 is 0 Å². The average Bonchev–Trinajstić information content (AvgIpc) is 2.55. The number of carbonyl (C=O) groups is 1. The molecule has 0 aliphatic heterocycles. The second-order valence-corrected chi connectivity index (χ2v) is 4.87. The first kappa shape index (κ1) is 12.4. The number of rotatable bonds is 5. The molecule has 0 radical (unpaired) electrons. The Balaban J connectivity index is 2.38. The highest BCUT2D eigenvalue weighted by atomic mass is 19.1. The van der Waals surface area contributed by atoms with Gasteiger partial charge in [-0.1, -0.05) is 26.8 Å². The summed E-state index contributed by atoms with van der Waals surface area (Å²) in [6.07, 6.45) is 4.82. The van der Waals surface area contributed by atoms with E-state index in [2.05, 4.69) is 20.4 Å². The zero-order valence-electron chi connectivity index (χ0n) is 9.76. The fourth-order valence-electron chi connectivity index (χ4n) is 2.82. The predicted molar refractivity (Wildman–Crippen MR) is 60.2 cm³/mol. The quantitative estimate of drug-likeness (QED) is 0.632. The van der Waals surface area contributed by atoms with Crippen LogP contribution in [-0.2, 0) is 4.79 Å². The Bertz CT molecular complexity index is 247. The van der Waals surface area contributed by atoms with E-state index in [9.17, 15) is 9.18 Å². The van der Waals surface area contributed by atoms with E-state index in [-0.39, 0.29) is 0 Å². The summed E-state index contributed by atoms with van der Waals surface area (Å²) in [5.41, 5.74) is 0. The Labute approximate surface area is 91.8 Å². The Morgan fingerprint density at radius 1 is 1.40 bits per heavy atom.